The van der Waals surface area contributed by atoms with Gasteiger partial charge in [-0.2, -0.15) is 11.8 Å². The Balaban J connectivity index is 2.58. The van der Waals surface area contributed by atoms with Crippen molar-refractivity contribution in [2.45, 2.75) is 18.7 Å². The van der Waals surface area contributed by atoms with Crippen LogP contribution in [0.3, 0.4) is 0 Å². The van der Waals surface area contributed by atoms with Crippen molar-refractivity contribution in [3.05, 3.63) is 23.7 Å². The van der Waals surface area contributed by atoms with E-state index in [4.69, 9.17) is 9.52 Å². The molecule has 1 heterocycles. The molecule has 0 spiro atoms. The zero-order valence-electron chi connectivity index (χ0n) is 8.82. The van der Waals surface area contributed by atoms with Gasteiger partial charge in [-0.1, -0.05) is 0 Å². The number of thioether (sulfide) groups is 1. The standard InChI is InChI=1S/C10H15NO3S/c1-7(5-12)11-10(13)9-4-3-8(14-9)6-15-2/h3-4,7,12H,5-6H2,1-2H3,(H,11,13). The molecule has 0 aromatic carbocycles. The van der Waals surface area contributed by atoms with Crippen LogP contribution in [0.1, 0.15) is 23.2 Å². The smallest absolute Gasteiger partial charge is 0.287 e. The number of aliphatic hydroxyl groups excluding tert-OH is 1. The van der Waals surface area contributed by atoms with Crippen LogP contribution in [-0.4, -0.2) is 29.9 Å². The highest BCUT2D eigenvalue weighted by atomic mass is 32.2. The zero-order valence-corrected chi connectivity index (χ0v) is 9.63. The largest absolute Gasteiger partial charge is 0.455 e. The Bertz CT molecular complexity index is 324. The Morgan fingerprint density at radius 2 is 2.40 bits per heavy atom. The topological polar surface area (TPSA) is 62.5 Å². The Morgan fingerprint density at radius 1 is 1.67 bits per heavy atom. The molecule has 0 aliphatic rings. The fourth-order valence-electron chi connectivity index (χ4n) is 1.06. The van der Waals surface area contributed by atoms with E-state index >= 15 is 0 Å². The van der Waals surface area contributed by atoms with Crippen LogP contribution >= 0.6 is 11.8 Å². The van der Waals surface area contributed by atoms with Gasteiger partial charge in [0.2, 0.25) is 0 Å². The van der Waals surface area contributed by atoms with Crippen LogP contribution in [0.2, 0.25) is 0 Å². The molecule has 5 heteroatoms. The fourth-order valence-corrected chi connectivity index (χ4v) is 1.50. The highest BCUT2D eigenvalue weighted by Crippen LogP contribution is 2.13. The number of carbonyl (C=O) groups excluding carboxylic acids is 1. The SMILES string of the molecule is CSCc1ccc(C(=O)NC(C)CO)o1. The van der Waals surface area contributed by atoms with E-state index in [2.05, 4.69) is 5.32 Å². The number of hydrogen-bond acceptors (Lipinski definition) is 4. The second-order valence-corrected chi connectivity index (χ2v) is 4.12. The van der Waals surface area contributed by atoms with Crippen molar-refractivity contribution in [1.29, 1.82) is 0 Å². The second-order valence-electron chi connectivity index (χ2n) is 3.26. The van der Waals surface area contributed by atoms with E-state index < -0.39 is 0 Å². The molecule has 1 amide bonds. The summed E-state index contributed by atoms with van der Waals surface area (Å²) in [5.74, 6) is 1.54. The van der Waals surface area contributed by atoms with Gasteiger partial charge in [0.25, 0.3) is 5.91 Å². The highest BCUT2D eigenvalue weighted by molar-refractivity contribution is 7.97. The minimum Gasteiger partial charge on any atom is -0.455 e. The van der Waals surface area contributed by atoms with E-state index in [0.717, 1.165) is 11.5 Å². The molecule has 0 fully saturated rings. The number of amides is 1. The molecule has 15 heavy (non-hydrogen) atoms. The molecule has 2 N–H and O–H groups in total. The van der Waals surface area contributed by atoms with Gasteiger partial charge in [0.1, 0.15) is 5.76 Å². The van der Waals surface area contributed by atoms with E-state index in [-0.39, 0.29) is 18.6 Å². The van der Waals surface area contributed by atoms with Crippen molar-refractivity contribution in [3.8, 4) is 0 Å². The molecular weight excluding hydrogens is 214 g/mol. The van der Waals surface area contributed by atoms with Gasteiger partial charge >= 0.3 is 0 Å². The lowest BCUT2D eigenvalue weighted by Crippen LogP contribution is -2.34. The average molecular weight is 229 g/mol. The van der Waals surface area contributed by atoms with Crippen molar-refractivity contribution in [2.75, 3.05) is 12.9 Å². The molecule has 0 bridgehead atoms. The van der Waals surface area contributed by atoms with E-state index in [0.29, 0.717) is 5.76 Å². The van der Waals surface area contributed by atoms with Crippen molar-refractivity contribution < 1.29 is 14.3 Å². The lowest BCUT2D eigenvalue weighted by molar-refractivity contribution is 0.0893. The van der Waals surface area contributed by atoms with Crippen molar-refractivity contribution in [2.24, 2.45) is 0 Å². The van der Waals surface area contributed by atoms with Gasteiger partial charge in [-0.05, 0) is 25.3 Å². The lowest BCUT2D eigenvalue weighted by atomic mass is 10.3. The van der Waals surface area contributed by atoms with Gasteiger partial charge in [-0.25, -0.2) is 0 Å². The van der Waals surface area contributed by atoms with Crippen molar-refractivity contribution in [3.63, 3.8) is 0 Å². The minimum absolute atomic E-state index is 0.0792. The van der Waals surface area contributed by atoms with Gasteiger partial charge in [0.15, 0.2) is 5.76 Å². The highest BCUT2D eigenvalue weighted by Gasteiger charge is 2.12. The molecular formula is C10H15NO3S. The summed E-state index contributed by atoms with van der Waals surface area (Å²) in [6.45, 7) is 1.65. The Kier molecular flexibility index (Phi) is 4.71. The summed E-state index contributed by atoms with van der Waals surface area (Å²) in [4.78, 5) is 11.5. The first-order valence-corrected chi connectivity index (χ1v) is 6.06. The molecule has 0 saturated carbocycles. The normalized spacial score (nSPS) is 12.5. The summed E-state index contributed by atoms with van der Waals surface area (Å²) >= 11 is 1.63. The first-order chi connectivity index (χ1) is 7.17. The van der Waals surface area contributed by atoms with E-state index in [1.54, 1.807) is 30.8 Å². The molecule has 0 saturated heterocycles. The van der Waals surface area contributed by atoms with Crippen LogP contribution in [0, 0.1) is 0 Å². The monoisotopic (exact) mass is 229 g/mol. The minimum atomic E-state index is -0.288. The maximum absolute atomic E-state index is 11.5. The summed E-state index contributed by atoms with van der Waals surface area (Å²) in [7, 11) is 0. The number of furan rings is 1. The van der Waals surface area contributed by atoms with Crippen LogP contribution in [0.4, 0.5) is 0 Å². The molecule has 0 aliphatic carbocycles. The number of aliphatic hydroxyl groups is 1. The Morgan fingerprint density at radius 3 is 3.00 bits per heavy atom. The summed E-state index contributed by atoms with van der Waals surface area (Å²) in [5, 5.41) is 11.4. The Hall–Kier alpha value is -0.940. The lowest BCUT2D eigenvalue weighted by Gasteiger charge is -2.08. The van der Waals surface area contributed by atoms with Crippen LogP contribution in [-0.2, 0) is 5.75 Å². The third kappa shape index (κ3) is 3.60. The summed E-state index contributed by atoms with van der Waals surface area (Å²) < 4.78 is 5.32. The van der Waals surface area contributed by atoms with E-state index in [1.165, 1.54) is 0 Å². The molecule has 0 aliphatic heterocycles. The quantitative estimate of drug-likeness (QED) is 0.797. The molecule has 0 radical (unpaired) electrons. The molecule has 4 nitrogen and oxygen atoms in total. The first-order valence-electron chi connectivity index (χ1n) is 4.66. The Labute approximate surface area is 93.0 Å². The third-order valence-electron chi connectivity index (χ3n) is 1.82. The fraction of sp³-hybridized carbons (Fsp3) is 0.500. The molecule has 1 aromatic rings. The maximum atomic E-state index is 11.5. The zero-order chi connectivity index (χ0) is 11.3. The number of nitrogens with one attached hydrogen (secondary N) is 1. The predicted octanol–water partition coefficient (Wildman–Crippen LogP) is 1.25. The van der Waals surface area contributed by atoms with Crippen LogP contribution < -0.4 is 5.32 Å². The maximum Gasteiger partial charge on any atom is 0.287 e. The van der Waals surface area contributed by atoms with Gasteiger partial charge < -0.3 is 14.8 Å². The summed E-state index contributed by atoms with van der Waals surface area (Å²) in [6, 6.07) is 3.17. The van der Waals surface area contributed by atoms with Crippen molar-refractivity contribution in [1.82, 2.24) is 5.32 Å². The van der Waals surface area contributed by atoms with Crippen LogP contribution in [0.15, 0.2) is 16.5 Å². The van der Waals surface area contributed by atoms with Gasteiger partial charge in [0.05, 0.1) is 12.4 Å². The first kappa shape index (κ1) is 12.1. The van der Waals surface area contributed by atoms with Gasteiger partial charge in [-0.15, -0.1) is 0 Å². The molecule has 1 unspecified atom stereocenters. The number of carbonyl (C=O) groups is 1. The van der Waals surface area contributed by atoms with Gasteiger partial charge in [-0.3, -0.25) is 4.79 Å². The summed E-state index contributed by atoms with van der Waals surface area (Å²) in [6.07, 6.45) is 1.97. The molecule has 84 valence electrons. The van der Waals surface area contributed by atoms with Crippen molar-refractivity contribution >= 4 is 17.7 Å². The van der Waals surface area contributed by atoms with Gasteiger partial charge in [0, 0.05) is 6.04 Å². The molecule has 1 rings (SSSR count). The second kappa shape index (κ2) is 5.82. The number of rotatable bonds is 5. The number of hydrogen-bond donors (Lipinski definition) is 2. The third-order valence-corrected chi connectivity index (χ3v) is 2.40. The van der Waals surface area contributed by atoms with E-state index in [1.807, 2.05) is 6.26 Å². The van der Waals surface area contributed by atoms with Crippen LogP contribution in [0.5, 0.6) is 0 Å². The molecule has 1 atom stereocenters. The summed E-state index contributed by atoms with van der Waals surface area (Å²) in [5.41, 5.74) is 0. The van der Waals surface area contributed by atoms with E-state index in [9.17, 15) is 4.79 Å². The molecule has 1 aromatic heterocycles. The van der Waals surface area contributed by atoms with Crippen LogP contribution in [0.25, 0.3) is 0 Å². The predicted molar refractivity (Wildman–Crippen MR) is 59.9 cm³/mol. The average Bonchev–Trinajstić information content (AvgIpc) is 2.67.